The molecule has 4 nitrogen and oxygen atoms in total. The molecule has 110 valence electrons. The maximum Gasteiger partial charge on any atom is 0.251 e. The van der Waals surface area contributed by atoms with E-state index in [0.29, 0.717) is 5.56 Å². The van der Waals surface area contributed by atoms with Crippen LogP contribution in [-0.2, 0) is 9.84 Å². The molecular formula is C14H18ClNO3S. The first kappa shape index (κ1) is 15.3. The van der Waals surface area contributed by atoms with Crippen molar-refractivity contribution in [3.05, 3.63) is 29.8 Å². The van der Waals surface area contributed by atoms with Crippen molar-refractivity contribution in [1.82, 2.24) is 5.32 Å². The molecule has 0 atom stereocenters. The van der Waals surface area contributed by atoms with E-state index in [0.717, 1.165) is 31.9 Å². The zero-order valence-electron chi connectivity index (χ0n) is 11.3. The molecule has 0 saturated heterocycles. The number of rotatable bonds is 3. The van der Waals surface area contributed by atoms with Crippen molar-refractivity contribution in [2.75, 3.05) is 6.26 Å². The van der Waals surface area contributed by atoms with Crippen molar-refractivity contribution >= 4 is 27.3 Å². The molecule has 0 spiro atoms. The quantitative estimate of drug-likeness (QED) is 0.871. The van der Waals surface area contributed by atoms with Crippen LogP contribution in [0.4, 0.5) is 0 Å². The molecule has 0 aliphatic heterocycles. The summed E-state index contributed by atoms with van der Waals surface area (Å²) in [7, 11) is -3.30. The van der Waals surface area contributed by atoms with Gasteiger partial charge in [-0.25, -0.2) is 8.42 Å². The molecule has 20 heavy (non-hydrogen) atoms. The van der Waals surface area contributed by atoms with Gasteiger partial charge in [0.1, 0.15) is 0 Å². The zero-order valence-corrected chi connectivity index (χ0v) is 12.9. The Labute approximate surface area is 124 Å². The predicted molar refractivity (Wildman–Crippen MR) is 78.9 cm³/mol. The van der Waals surface area contributed by atoms with Crippen LogP contribution in [0.25, 0.3) is 0 Å². The zero-order chi connectivity index (χ0) is 14.8. The van der Waals surface area contributed by atoms with E-state index < -0.39 is 9.84 Å². The van der Waals surface area contributed by atoms with Crippen LogP contribution < -0.4 is 5.32 Å². The van der Waals surface area contributed by atoms with Gasteiger partial charge in [-0.05, 0) is 43.9 Å². The third-order valence-electron chi connectivity index (χ3n) is 3.52. The van der Waals surface area contributed by atoms with Gasteiger partial charge in [0.15, 0.2) is 9.84 Å². The first-order chi connectivity index (χ1) is 9.36. The Morgan fingerprint density at radius 1 is 1.25 bits per heavy atom. The number of sulfone groups is 1. The van der Waals surface area contributed by atoms with Gasteiger partial charge in [0.05, 0.1) is 4.90 Å². The largest absolute Gasteiger partial charge is 0.349 e. The Hall–Kier alpha value is -1.07. The molecule has 1 N–H and O–H groups in total. The normalized spacial score (nSPS) is 23.3. The Balaban J connectivity index is 2.06. The fourth-order valence-electron chi connectivity index (χ4n) is 2.33. The van der Waals surface area contributed by atoms with E-state index in [1.54, 1.807) is 12.1 Å². The van der Waals surface area contributed by atoms with Crippen molar-refractivity contribution in [3.8, 4) is 0 Å². The second kappa shape index (κ2) is 6.14. The lowest BCUT2D eigenvalue weighted by Crippen LogP contribution is -2.37. The molecule has 1 aromatic carbocycles. The molecule has 1 aliphatic carbocycles. The molecule has 0 unspecified atom stereocenters. The highest BCUT2D eigenvalue weighted by Gasteiger charge is 2.21. The van der Waals surface area contributed by atoms with Crippen LogP contribution in [0, 0.1) is 0 Å². The van der Waals surface area contributed by atoms with Gasteiger partial charge in [0, 0.05) is 23.2 Å². The molecular weight excluding hydrogens is 298 g/mol. The predicted octanol–water partition coefficient (Wildman–Crippen LogP) is 2.37. The number of amides is 1. The Kier molecular flexibility index (Phi) is 4.70. The van der Waals surface area contributed by atoms with E-state index in [4.69, 9.17) is 11.6 Å². The van der Waals surface area contributed by atoms with Gasteiger partial charge in [-0.3, -0.25) is 4.79 Å². The summed E-state index contributed by atoms with van der Waals surface area (Å²) in [5, 5.41) is 3.15. The van der Waals surface area contributed by atoms with Gasteiger partial charge in [-0.2, -0.15) is 0 Å². The van der Waals surface area contributed by atoms with E-state index >= 15 is 0 Å². The average Bonchev–Trinajstić information content (AvgIpc) is 2.40. The van der Waals surface area contributed by atoms with E-state index in [1.165, 1.54) is 12.1 Å². The van der Waals surface area contributed by atoms with Crippen molar-refractivity contribution in [3.63, 3.8) is 0 Å². The maximum absolute atomic E-state index is 12.1. The topological polar surface area (TPSA) is 63.2 Å². The number of carbonyl (C=O) groups excluding carboxylic acids is 1. The summed E-state index contributed by atoms with van der Waals surface area (Å²) in [6, 6.07) is 6.24. The van der Waals surface area contributed by atoms with Crippen molar-refractivity contribution in [2.45, 2.75) is 42.0 Å². The second-order valence-electron chi connectivity index (χ2n) is 5.22. The number of hydrogen-bond acceptors (Lipinski definition) is 3. The lowest BCUT2D eigenvalue weighted by Gasteiger charge is -2.25. The van der Waals surface area contributed by atoms with E-state index in [-0.39, 0.29) is 22.2 Å². The number of benzene rings is 1. The third kappa shape index (κ3) is 3.96. The summed E-state index contributed by atoms with van der Waals surface area (Å²) in [5.41, 5.74) is 0.376. The first-order valence-corrected chi connectivity index (χ1v) is 8.94. The van der Waals surface area contributed by atoms with Gasteiger partial charge in [-0.1, -0.05) is 6.07 Å². The van der Waals surface area contributed by atoms with Crippen LogP contribution in [0.15, 0.2) is 29.2 Å². The Morgan fingerprint density at radius 2 is 1.90 bits per heavy atom. The Morgan fingerprint density at radius 3 is 2.50 bits per heavy atom. The SMILES string of the molecule is CS(=O)(=O)c1cccc(C(=O)NC2CCC(Cl)CC2)c1. The number of hydrogen-bond donors (Lipinski definition) is 1. The molecule has 1 aliphatic rings. The number of alkyl halides is 1. The molecule has 1 fully saturated rings. The first-order valence-electron chi connectivity index (χ1n) is 6.61. The fourth-order valence-corrected chi connectivity index (χ4v) is 3.25. The minimum atomic E-state index is -3.30. The standard InChI is InChI=1S/C14H18ClNO3S/c1-20(18,19)13-4-2-3-10(9-13)14(17)16-12-7-5-11(15)6-8-12/h2-4,9,11-12H,5-8H2,1H3,(H,16,17). The van der Waals surface area contributed by atoms with Crippen molar-refractivity contribution in [1.29, 1.82) is 0 Å². The lowest BCUT2D eigenvalue weighted by molar-refractivity contribution is 0.0927. The second-order valence-corrected chi connectivity index (χ2v) is 7.86. The summed E-state index contributed by atoms with van der Waals surface area (Å²) >= 11 is 6.03. The van der Waals surface area contributed by atoms with Gasteiger partial charge in [0.25, 0.3) is 5.91 Å². The molecule has 0 radical (unpaired) electrons. The molecule has 6 heteroatoms. The Bertz CT molecular complexity index is 592. The van der Waals surface area contributed by atoms with Gasteiger partial charge in [-0.15, -0.1) is 11.6 Å². The molecule has 1 amide bonds. The highest BCUT2D eigenvalue weighted by molar-refractivity contribution is 7.90. The summed E-state index contributed by atoms with van der Waals surface area (Å²) in [4.78, 5) is 12.3. The van der Waals surface area contributed by atoms with Crippen LogP contribution in [0.5, 0.6) is 0 Å². The van der Waals surface area contributed by atoms with Crippen LogP contribution >= 0.6 is 11.6 Å². The maximum atomic E-state index is 12.1. The smallest absolute Gasteiger partial charge is 0.251 e. The fraction of sp³-hybridized carbons (Fsp3) is 0.500. The molecule has 0 aromatic heterocycles. The minimum Gasteiger partial charge on any atom is -0.349 e. The van der Waals surface area contributed by atoms with Crippen LogP contribution in [0.3, 0.4) is 0 Å². The van der Waals surface area contributed by atoms with Crippen molar-refractivity contribution in [2.24, 2.45) is 0 Å². The summed E-state index contributed by atoms with van der Waals surface area (Å²) in [5.74, 6) is -0.228. The lowest BCUT2D eigenvalue weighted by atomic mass is 9.95. The van der Waals surface area contributed by atoms with Crippen LogP contribution in [0.2, 0.25) is 0 Å². The summed E-state index contributed by atoms with van der Waals surface area (Å²) in [6.07, 6.45) is 4.66. The van der Waals surface area contributed by atoms with Crippen LogP contribution in [0.1, 0.15) is 36.0 Å². The summed E-state index contributed by atoms with van der Waals surface area (Å²) in [6.45, 7) is 0. The molecule has 1 saturated carbocycles. The average molecular weight is 316 g/mol. The molecule has 0 bridgehead atoms. The number of halogens is 1. The third-order valence-corrected chi connectivity index (χ3v) is 5.06. The van der Waals surface area contributed by atoms with Gasteiger partial charge in [0.2, 0.25) is 0 Å². The molecule has 0 heterocycles. The molecule has 1 aromatic rings. The van der Waals surface area contributed by atoms with Crippen LogP contribution in [-0.4, -0.2) is 32.0 Å². The van der Waals surface area contributed by atoms with Gasteiger partial charge < -0.3 is 5.32 Å². The number of nitrogens with one attached hydrogen (secondary N) is 1. The highest BCUT2D eigenvalue weighted by atomic mass is 35.5. The summed E-state index contributed by atoms with van der Waals surface area (Å²) < 4.78 is 23.0. The number of carbonyl (C=O) groups is 1. The van der Waals surface area contributed by atoms with E-state index in [9.17, 15) is 13.2 Å². The minimum absolute atomic E-state index is 0.124. The molecule has 2 rings (SSSR count). The highest BCUT2D eigenvalue weighted by Crippen LogP contribution is 2.23. The van der Waals surface area contributed by atoms with Crippen molar-refractivity contribution < 1.29 is 13.2 Å². The van der Waals surface area contributed by atoms with E-state index in [2.05, 4.69) is 5.32 Å². The van der Waals surface area contributed by atoms with Gasteiger partial charge >= 0.3 is 0 Å². The van der Waals surface area contributed by atoms with E-state index in [1.807, 2.05) is 0 Å². The monoisotopic (exact) mass is 315 g/mol.